The van der Waals surface area contributed by atoms with Crippen molar-refractivity contribution in [1.82, 2.24) is 4.90 Å². The zero-order valence-electron chi connectivity index (χ0n) is 16.8. The largest absolute Gasteiger partial charge is 0.478 e. The molecule has 1 aromatic carbocycles. The Morgan fingerprint density at radius 1 is 1.32 bits per heavy atom. The van der Waals surface area contributed by atoms with E-state index in [0.717, 1.165) is 18.9 Å². The minimum Gasteiger partial charge on any atom is -0.478 e. The summed E-state index contributed by atoms with van der Waals surface area (Å²) < 4.78 is 12.0. The maximum atomic E-state index is 12.7. The van der Waals surface area contributed by atoms with E-state index >= 15 is 0 Å². The van der Waals surface area contributed by atoms with Gasteiger partial charge in [0, 0.05) is 12.5 Å². The molecule has 0 aromatic heterocycles. The lowest BCUT2D eigenvalue weighted by Crippen LogP contribution is -2.61. The number of carbonyl (C=O) groups is 2. The number of amides is 1. The Morgan fingerprint density at radius 3 is 2.57 bits per heavy atom. The molecule has 0 saturated carbocycles. The van der Waals surface area contributed by atoms with Gasteiger partial charge in [-0.25, -0.2) is 4.79 Å². The van der Waals surface area contributed by atoms with E-state index in [0.29, 0.717) is 16.5 Å². The molecule has 6 nitrogen and oxygen atoms in total. The zero-order chi connectivity index (χ0) is 20.9. The molecular weight excluding hydrogens is 398 g/mol. The van der Waals surface area contributed by atoms with Crippen LogP contribution in [0.5, 0.6) is 5.75 Å². The van der Waals surface area contributed by atoms with Gasteiger partial charge in [-0.1, -0.05) is 50.4 Å². The Labute approximate surface area is 172 Å². The number of para-hydroxylation sites is 1. The molecule has 1 atom stereocenters. The number of carboxylic acids is 1. The second kappa shape index (κ2) is 9.11. The molecule has 1 aromatic rings. The van der Waals surface area contributed by atoms with Crippen molar-refractivity contribution in [3.8, 4) is 5.75 Å². The maximum Gasteiger partial charge on any atom is 0.356 e. The van der Waals surface area contributed by atoms with Gasteiger partial charge >= 0.3 is 5.97 Å². The van der Waals surface area contributed by atoms with E-state index in [-0.39, 0.29) is 13.0 Å². The third-order valence-corrected chi connectivity index (χ3v) is 7.53. The molecule has 1 N–H and O–H groups in total. The van der Waals surface area contributed by atoms with Gasteiger partial charge in [-0.05, 0) is 31.3 Å². The lowest BCUT2D eigenvalue weighted by atomic mass is 10.1. The number of nitrogens with zero attached hydrogens (tertiary/aromatic N) is 1. The van der Waals surface area contributed by atoms with Crippen LogP contribution in [0.25, 0.3) is 0 Å². The Balaban J connectivity index is 2.25. The molecule has 0 spiro atoms. The highest BCUT2D eigenvalue weighted by molar-refractivity contribution is 6.71. The third kappa shape index (κ3) is 4.95. The fraction of sp³-hybridized carbons (Fsp3) is 0.500. The summed E-state index contributed by atoms with van der Waals surface area (Å²) in [6.07, 6.45) is 3.42. The first-order chi connectivity index (χ1) is 13.1. The normalized spacial score (nSPS) is 16.7. The summed E-state index contributed by atoms with van der Waals surface area (Å²) in [5.74, 6) is -0.839. The number of carboxylic acid groups (broad SMARTS) is 1. The van der Waals surface area contributed by atoms with E-state index in [1.165, 1.54) is 11.0 Å². The first-order valence-corrected chi connectivity index (χ1v) is 13.0. The Hall–Kier alpha value is -1.83. The van der Waals surface area contributed by atoms with Crippen molar-refractivity contribution in [3.05, 3.63) is 41.1 Å². The molecule has 1 aliphatic heterocycles. The highest BCUT2D eigenvalue weighted by Crippen LogP contribution is 2.34. The summed E-state index contributed by atoms with van der Waals surface area (Å²) in [4.78, 5) is 26.2. The van der Waals surface area contributed by atoms with Gasteiger partial charge in [-0.3, -0.25) is 9.69 Å². The Morgan fingerprint density at radius 2 is 2.00 bits per heavy atom. The topological polar surface area (TPSA) is 76.1 Å². The molecular formula is C20H28ClNO5Si. The molecule has 0 saturated heterocycles. The first kappa shape index (κ1) is 22.5. The fourth-order valence-corrected chi connectivity index (χ4v) is 6.01. The predicted molar refractivity (Wildman–Crippen MR) is 111 cm³/mol. The second-order valence-electron chi connectivity index (χ2n) is 7.48. The third-order valence-electron chi connectivity index (χ3n) is 4.77. The number of hydrogen-bond acceptors (Lipinski definition) is 4. The highest BCUT2D eigenvalue weighted by atomic mass is 35.5. The Kier molecular flexibility index (Phi) is 7.31. The van der Waals surface area contributed by atoms with Crippen LogP contribution in [0.4, 0.5) is 0 Å². The molecule has 1 amide bonds. The van der Waals surface area contributed by atoms with E-state index in [1.807, 2.05) is 13.1 Å². The van der Waals surface area contributed by atoms with E-state index in [4.69, 9.17) is 20.8 Å². The van der Waals surface area contributed by atoms with Crippen LogP contribution in [0.3, 0.4) is 0 Å². The van der Waals surface area contributed by atoms with Gasteiger partial charge in [-0.15, -0.1) is 0 Å². The summed E-state index contributed by atoms with van der Waals surface area (Å²) in [6.45, 7) is 7.80. The van der Waals surface area contributed by atoms with Crippen molar-refractivity contribution < 1.29 is 23.9 Å². The highest BCUT2D eigenvalue weighted by Gasteiger charge is 2.51. The van der Waals surface area contributed by atoms with Gasteiger partial charge < -0.3 is 14.3 Å². The quantitative estimate of drug-likeness (QED) is 0.552. The van der Waals surface area contributed by atoms with E-state index < -0.39 is 25.9 Å². The lowest BCUT2D eigenvalue weighted by Gasteiger charge is -2.42. The van der Waals surface area contributed by atoms with Gasteiger partial charge in [0.1, 0.15) is 11.5 Å². The molecule has 0 fully saturated rings. The summed E-state index contributed by atoms with van der Waals surface area (Å²) in [5, 5.41) is 10.4. The fourth-order valence-electron chi connectivity index (χ4n) is 3.27. The molecule has 8 heteroatoms. The number of unbranched alkanes of at least 4 members (excludes halogenated alkanes) is 1. The standard InChI is InChI=1S/C20H28ClNO5Si/c1-5-7-12-28(3,4)27-20(6-2,19(24)25)22-14-15(13-18(22)23)26-17-11-9-8-10-16(17)21/h8-11,13H,5-7,12,14H2,1-4H3,(H,24,25). The minimum absolute atomic E-state index is 0.0163. The van der Waals surface area contributed by atoms with Crippen molar-refractivity contribution >= 4 is 31.8 Å². The number of hydrogen-bond donors (Lipinski definition) is 1. The minimum atomic E-state index is -2.31. The molecule has 28 heavy (non-hydrogen) atoms. The zero-order valence-corrected chi connectivity index (χ0v) is 18.6. The molecule has 0 radical (unpaired) electrons. The molecule has 1 heterocycles. The summed E-state index contributed by atoms with van der Waals surface area (Å²) in [5.41, 5.74) is -1.71. The molecule has 0 aliphatic carbocycles. The number of carbonyl (C=O) groups excluding carboxylic acids is 1. The van der Waals surface area contributed by atoms with Gasteiger partial charge in [0.25, 0.3) is 5.91 Å². The smallest absolute Gasteiger partial charge is 0.356 e. The monoisotopic (exact) mass is 425 g/mol. The van der Waals surface area contributed by atoms with Crippen LogP contribution < -0.4 is 4.74 Å². The predicted octanol–water partition coefficient (Wildman–Crippen LogP) is 4.66. The van der Waals surface area contributed by atoms with Crippen LogP contribution in [0.1, 0.15) is 33.1 Å². The molecule has 2 rings (SSSR count). The van der Waals surface area contributed by atoms with Crippen LogP contribution >= 0.6 is 11.6 Å². The van der Waals surface area contributed by atoms with Crippen molar-refractivity contribution in [2.75, 3.05) is 6.54 Å². The van der Waals surface area contributed by atoms with Gasteiger partial charge in [-0.2, -0.15) is 0 Å². The van der Waals surface area contributed by atoms with Crippen LogP contribution in [0, 0.1) is 0 Å². The maximum absolute atomic E-state index is 12.7. The summed E-state index contributed by atoms with van der Waals surface area (Å²) >= 11 is 6.11. The van der Waals surface area contributed by atoms with Crippen molar-refractivity contribution in [3.63, 3.8) is 0 Å². The average molecular weight is 426 g/mol. The second-order valence-corrected chi connectivity index (χ2v) is 12.1. The summed E-state index contributed by atoms with van der Waals surface area (Å²) in [6, 6.07) is 7.76. The molecule has 1 unspecified atom stereocenters. The van der Waals surface area contributed by atoms with Crippen LogP contribution in [-0.2, 0) is 14.0 Å². The summed E-state index contributed by atoms with van der Waals surface area (Å²) in [7, 11) is -2.31. The average Bonchev–Trinajstić information content (AvgIpc) is 3.00. The molecule has 0 bridgehead atoms. The number of halogens is 1. The SMILES string of the molecule is CCCC[Si](C)(C)OC(CC)(C(=O)O)N1CC(Oc2ccccc2Cl)=CC1=O. The van der Waals surface area contributed by atoms with Gasteiger partial charge in [0.2, 0.25) is 5.72 Å². The van der Waals surface area contributed by atoms with Crippen LogP contribution in [-0.4, -0.2) is 42.5 Å². The van der Waals surface area contributed by atoms with Crippen molar-refractivity contribution in [2.45, 2.75) is 58.0 Å². The molecule has 1 aliphatic rings. The van der Waals surface area contributed by atoms with Crippen LogP contribution in [0.2, 0.25) is 24.2 Å². The van der Waals surface area contributed by atoms with Crippen LogP contribution in [0.15, 0.2) is 36.1 Å². The van der Waals surface area contributed by atoms with E-state index in [2.05, 4.69) is 6.92 Å². The lowest BCUT2D eigenvalue weighted by molar-refractivity contribution is -0.181. The van der Waals surface area contributed by atoms with Crippen molar-refractivity contribution in [1.29, 1.82) is 0 Å². The Bertz CT molecular complexity index is 767. The van der Waals surface area contributed by atoms with Gasteiger partial charge in [0.05, 0.1) is 11.6 Å². The van der Waals surface area contributed by atoms with E-state index in [1.54, 1.807) is 31.2 Å². The number of benzene rings is 1. The van der Waals surface area contributed by atoms with E-state index in [9.17, 15) is 14.7 Å². The van der Waals surface area contributed by atoms with Crippen molar-refractivity contribution in [2.24, 2.45) is 0 Å². The van der Waals surface area contributed by atoms with Gasteiger partial charge in [0.15, 0.2) is 8.32 Å². The number of rotatable bonds is 10. The molecule has 154 valence electrons. The first-order valence-electron chi connectivity index (χ1n) is 9.53. The number of ether oxygens (including phenoxy) is 1. The number of aliphatic carboxylic acids is 1.